The van der Waals surface area contributed by atoms with Gasteiger partial charge < -0.3 is 26.0 Å². The number of anilines is 1. The molecule has 0 radical (unpaired) electrons. The number of aromatic hydroxyl groups is 1. The zero-order valence-corrected chi connectivity index (χ0v) is 11.1. The number of rotatable bonds is 7. The van der Waals surface area contributed by atoms with Crippen molar-refractivity contribution in [2.45, 2.75) is 25.5 Å². The van der Waals surface area contributed by atoms with Crippen molar-refractivity contribution in [2.24, 2.45) is 0 Å². The van der Waals surface area contributed by atoms with E-state index in [4.69, 9.17) is 5.11 Å². The third kappa shape index (κ3) is 4.86. The highest BCUT2D eigenvalue weighted by molar-refractivity contribution is 5.72. The molecule has 0 bridgehead atoms. The van der Waals surface area contributed by atoms with Gasteiger partial charge in [0, 0.05) is 23.8 Å². The molecule has 1 aromatic carbocycles. The average molecular weight is 268 g/mol. The summed E-state index contributed by atoms with van der Waals surface area (Å²) in [6, 6.07) is 4.39. The quantitative estimate of drug-likeness (QED) is 0.459. The van der Waals surface area contributed by atoms with E-state index in [9.17, 15) is 15.0 Å². The van der Waals surface area contributed by atoms with Gasteiger partial charge in [0.05, 0.1) is 12.7 Å². The number of phenols is 1. The fourth-order valence-electron chi connectivity index (χ4n) is 1.53. The second-order valence-electron chi connectivity index (χ2n) is 5.01. The molecule has 0 heterocycles. The van der Waals surface area contributed by atoms with Crippen molar-refractivity contribution >= 4 is 12.1 Å². The molecule has 1 amide bonds. The summed E-state index contributed by atoms with van der Waals surface area (Å²) < 4.78 is 0. The van der Waals surface area contributed by atoms with Crippen LogP contribution < -0.4 is 10.6 Å². The molecule has 0 fully saturated rings. The Morgan fingerprint density at radius 2 is 2.05 bits per heavy atom. The first-order valence-electron chi connectivity index (χ1n) is 5.96. The van der Waals surface area contributed by atoms with Gasteiger partial charge in [-0.25, -0.2) is 0 Å². The molecule has 0 aliphatic rings. The topological polar surface area (TPSA) is 102 Å². The van der Waals surface area contributed by atoms with Crippen LogP contribution in [0.1, 0.15) is 25.5 Å². The van der Waals surface area contributed by atoms with Gasteiger partial charge in [-0.1, -0.05) is 0 Å². The van der Waals surface area contributed by atoms with Crippen LogP contribution in [0.2, 0.25) is 0 Å². The van der Waals surface area contributed by atoms with Gasteiger partial charge in [0.2, 0.25) is 6.41 Å². The number of aliphatic hydroxyl groups is 2. The van der Waals surface area contributed by atoms with Crippen LogP contribution in [0.15, 0.2) is 18.2 Å². The lowest BCUT2D eigenvalue weighted by molar-refractivity contribution is -0.105. The van der Waals surface area contributed by atoms with Crippen molar-refractivity contribution in [1.82, 2.24) is 5.32 Å². The summed E-state index contributed by atoms with van der Waals surface area (Å²) in [7, 11) is 0. The third-order valence-corrected chi connectivity index (χ3v) is 2.72. The van der Waals surface area contributed by atoms with E-state index in [1.807, 2.05) is 13.8 Å². The number of aliphatic hydroxyl groups excluding tert-OH is 2. The van der Waals surface area contributed by atoms with Gasteiger partial charge in [0.1, 0.15) is 5.75 Å². The lowest BCUT2D eigenvalue weighted by atomic mass is 10.0. The van der Waals surface area contributed by atoms with E-state index >= 15 is 0 Å². The zero-order valence-electron chi connectivity index (χ0n) is 11.1. The monoisotopic (exact) mass is 268 g/mol. The highest BCUT2D eigenvalue weighted by atomic mass is 16.3. The number of carbonyl (C=O) groups excluding carboxylic acids is 1. The van der Waals surface area contributed by atoms with E-state index in [1.165, 1.54) is 12.1 Å². The van der Waals surface area contributed by atoms with Gasteiger partial charge in [-0.3, -0.25) is 4.79 Å². The van der Waals surface area contributed by atoms with Gasteiger partial charge in [-0.05, 0) is 31.5 Å². The Morgan fingerprint density at radius 3 is 2.63 bits per heavy atom. The van der Waals surface area contributed by atoms with Crippen LogP contribution in [0.5, 0.6) is 5.75 Å². The van der Waals surface area contributed by atoms with Crippen molar-refractivity contribution < 1.29 is 20.1 Å². The first-order chi connectivity index (χ1) is 8.88. The molecule has 19 heavy (non-hydrogen) atoms. The van der Waals surface area contributed by atoms with Crippen LogP contribution in [0.4, 0.5) is 5.69 Å². The number of carbonyl (C=O) groups is 1. The molecule has 1 atom stereocenters. The molecule has 0 saturated heterocycles. The molecule has 0 aliphatic heterocycles. The molecule has 0 saturated carbocycles. The summed E-state index contributed by atoms with van der Waals surface area (Å²) in [4.78, 5) is 10.4. The van der Waals surface area contributed by atoms with E-state index < -0.39 is 11.6 Å². The number of benzene rings is 1. The molecule has 1 unspecified atom stereocenters. The van der Waals surface area contributed by atoms with Gasteiger partial charge in [0.25, 0.3) is 0 Å². The predicted octanol–water partition coefficient (Wildman–Crippen LogP) is 0.354. The van der Waals surface area contributed by atoms with Crippen molar-refractivity contribution in [3.8, 4) is 5.75 Å². The number of hydrogen-bond acceptors (Lipinski definition) is 5. The van der Waals surface area contributed by atoms with Gasteiger partial charge in [-0.15, -0.1) is 0 Å². The van der Waals surface area contributed by atoms with Crippen LogP contribution in [0.3, 0.4) is 0 Å². The summed E-state index contributed by atoms with van der Waals surface area (Å²) in [6.45, 7) is 3.78. The van der Waals surface area contributed by atoms with Crippen LogP contribution in [0.25, 0.3) is 0 Å². The summed E-state index contributed by atoms with van der Waals surface area (Å²) in [6.07, 6.45) is -0.358. The predicted molar refractivity (Wildman–Crippen MR) is 71.9 cm³/mol. The molecule has 0 aliphatic carbocycles. The van der Waals surface area contributed by atoms with E-state index in [1.54, 1.807) is 6.07 Å². The third-order valence-electron chi connectivity index (χ3n) is 2.72. The van der Waals surface area contributed by atoms with Crippen molar-refractivity contribution in [3.63, 3.8) is 0 Å². The fraction of sp³-hybridized carbons (Fsp3) is 0.462. The molecule has 1 aromatic rings. The minimum absolute atomic E-state index is 0.0395. The van der Waals surface area contributed by atoms with Gasteiger partial charge in [-0.2, -0.15) is 0 Å². The number of phenolic OH excluding ortho intramolecular Hbond substituents is 1. The zero-order chi connectivity index (χ0) is 14.5. The minimum atomic E-state index is -0.856. The first kappa shape index (κ1) is 15.4. The Kier molecular flexibility index (Phi) is 5.29. The molecule has 6 nitrogen and oxygen atoms in total. The normalized spacial score (nSPS) is 13.1. The molecule has 106 valence electrons. The maximum absolute atomic E-state index is 10.4. The minimum Gasteiger partial charge on any atom is -0.508 e. The van der Waals surface area contributed by atoms with Crippen LogP contribution >= 0.6 is 0 Å². The van der Waals surface area contributed by atoms with Gasteiger partial charge in [0.15, 0.2) is 0 Å². The Labute approximate surface area is 112 Å². The smallest absolute Gasteiger partial charge is 0.211 e. The van der Waals surface area contributed by atoms with E-state index in [0.717, 1.165) is 0 Å². The van der Waals surface area contributed by atoms with Crippen molar-refractivity contribution in [2.75, 3.05) is 18.5 Å². The van der Waals surface area contributed by atoms with E-state index in [2.05, 4.69) is 10.6 Å². The van der Waals surface area contributed by atoms with E-state index in [-0.39, 0.29) is 18.9 Å². The molecule has 0 aromatic heterocycles. The van der Waals surface area contributed by atoms with Crippen LogP contribution in [-0.4, -0.2) is 40.4 Å². The highest BCUT2D eigenvalue weighted by Crippen LogP contribution is 2.24. The van der Waals surface area contributed by atoms with Crippen LogP contribution in [-0.2, 0) is 4.79 Å². The second-order valence-corrected chi connectivity index (χ2v) is 5.01. The molecule has 1 rings (SSSR count). The summed E-state index contributed by atoms with van der Waals surface area (Å²) in [5.74, 6) is -0.0395. The first-order valence-corrected chi connectivity index (χ1v) is 5.96. The molecular weight excluding hydrogens is 248 g/mol. The largest absolute Gasteiger partial charge is 0.508 e. The summed E-state index contributed by atoms with van der Waals surface area (Å²) in [5.41, 5.74) is 0.387. The molecular formula is C13H20N2O4. The second kappa shape index (κ2) is 6.51. The van der Waals surface area contributed by atoms with Gasteiger partial charge >= 0.3 is 0 Å². The number of amides is 1. The molecule has 0 spiro atoms. The summed E-state index contributed by atoms with van der Waals surface area (Å²) >= 11 is 0. The van der Waals surface area contributed by atoms with E-state index in [0.29, 0.717) is 17.7 Å². The number of nitrogens with one attached hydrogen (secondary N) is 2. The van der Waals surface area contributed by atoms with Crippen molar-refractivity contribution in [1.29, 1.82) is 0 Å². The SMILES string of the molecule is CC(C)(CO)NCC(O)c1cc(O)cc(NC=O)c1. The lowest BCUT2D eigenvalue weighted by Crippen LogP contribution is -2.44. The highest BCUT2D eigenvalue weighted by Gasteiger charge is 2.18. The fourth-order valence-corrected chi connectivity index (χ4v) is 1.53. The maximum atomic E-state index is 10.4. The lowest BCUT2D eigenvalue weighted by Gasteiger charge is -2.25. The Bertz CT molecular complexity index is 435. The van der Waals surface area contributed by atoms with Crippen LogP contribution in [0, 0.1) is 0 Å². The Balaban J connectivity index is 2.76. The standard InChI is InChI=1S/C13H20N2O4/c1-13(2,7-16)15-6-12(19)9-3-10(14-8-17)5-11(18)4-9/h3-5,8,12,15-16,18-19H,6-7H2,1-2H3,(H,14,17). The summed E-state index contributed by atoms with van der Waals surface area (Å²) in [5, 5.41) is 34.1. The Hall–Kier alpha value is -1.63. The average Bonchev–Trinajstić information content (AvgIpc) is 2.36. The van der Waals surface area contributed by atoms with Crippen molar-refractivity contribution in [3.05, 3.63) is 23.8 Å². The number of β-amino-alcohol motifs (C(OH)–C–C–N with tert-alkyl or cyclic N) is 1. The molecule has 5 N–H and O–H groups in total. The number of hydrogen-bond donors (Lipinski definition) is 5. The molecule has 6 heteroatoms. The Morgan fingerprint density at radius 1 is 1.37 bits per heavy atom. The maximum Gasteiger partial charge on any atom is 0.211 e.